The number of benzene rings is 4. The molecule has 4 heterocycles. The average molecular weight is 1010 g/mol. The average Bonchev–Trinajstić information content (AvgIpc) is 4.15. The Morgan fingerprint density at radius 1 is 0.625 bits per heavy atom. The normalized spacial score (nSPS) is 13.2. The van der Waals surface area contributed by atoms with Gasteiger partial charge in [-0.25, -0.2) is 9.97 Å². The van der Waals surface area contributed by atoms with Crippen LogP contribution >= 0.6 is 22.7 Å². The third kappa shape index (κ3) is 15.0. The van der Waals surface area contributed by atoms with Crippen LogP contribution in [-0.4, -0.2) is 105 Å². The number of piperidine rings is 2. The number of nitrogens with zero attached hydrogens (tertiary/aromatic N) is 7. The van der Waals surface area contributed by atoms with Crippen LogP contribution in [0.5, 0.6) is 0 Å². The first-order valence-corrected chi connectivity index (χ1v) is 25.6. The highest BCUT2D eigenvalue weighted by atomic mass is 32.1. The van der Waals surface area contributed by atoms with E-state index in [1.54, 1.807) is 57.0 Å². The maximum Gasteiger partial charge on any atom is 0.270 e. The van der Waals surface area contributed by atoms with Crippen molar-refractivity contribution in [2.24, 2.45) is 0 Å². The Balaban J connectivity index is 0.000000235. The molecule has 2 saturated heterocycles. The molecule has 0 unspecified atom stereocenters. The monoisotopic (exact) mass is 1010 g/mol. The standard InChI is InChI=1S/C27H30N4O3S.C23H27N3O3.C4H3NOS.CH4/c1-3-30(4-2)27(32)22-10-8-20(9-11-22)26(23-6-5-7-24(18-23)31(33)34)21-12-15-29(16-13-21)19-25-28-14-17-35-25;1-3-25(4-2)23(27)19-10-8-17(9-11-19)22(18-12-14-24-15-13-18)20-6-5-7-21(16-20)26(28)29;6-3-4-5-1-2-7-4;/h5-11,14,17-18H,3-4,12-13,15-16,19H2,1-2H3;5-11,16,24H,3-4,12-15H2,1-2H3;1-3H;1H4. The minimum absolute atomic E-state index is 0. The van der Waals surface area contributed by atoms with Gasteiger partial charge in [-0.2, -0.15) is 0 Å². The van der Waals surface area contributed by atoms with E-state index in [2.05, 4.69) is 20.2 Å². The second-order valence-electron chi connectivity index (χ2n) is 16.6. The van der Waals surface area contributed by atoms with Crippen LogP contribution in [0, 0.1) is 20.2 Å². The minimum atomic E-state index is -0.361. The molecule has 17 heteroatoms. The molecule has 1 N–H and O–H groups in total. The molecule has 2 fully saturated rings. The zero-order valence-electron chi connectivity index (χ0n) is 40.6. The Morgan fingerprint density at radius 3 is 1.43 bits per heavy atom. The van der Waals surface area contributed by atoms with E-state index in [0.29, 0.717) is 42.3 Å². The summed E-state index contributed by atoms with van der Waals surface area (Å²) in [6.45, 7) is 15.0. The van der Waals surface area contributed by atoms with Crippen molar-refractivity contribution in [3.05, 3.63) is 195 Å². The molecule has 6 aromatic rings. The Hall–Kier alpha value is -7.05. The van der Waals surface area contributed by atoms with E-state index in [1.807, 2.05) is 99.9 Å². The van der Waals surface area contributed by atoms with Gasteiger partial charge in [0.2, 0.25) is 0 Å². The molecule has 2 aromatic heterocycles. The van der Waals surface area contributed by atoms with Crippen molar-refractivity contribution in [2.75, 3.05) is 52.4 Å². The number of carbonyl (C=O) groups is 3. The van der Waals surface area contributed by atoms with Crippen LogP contribution in [0.4, 0.5) is 11.4 Å². The van der Waals surface area contributed by atoms with Gasteiger partial charge < -0.3 is 15.1 Å². The SMILES string of the molecule is C.CCN(CC)C(=O)c1ccc(C(=C2CCN(Cc3nccs3)CC2)c2cccc([N+](=O)[O-])c2)cc1.CCN(CC)C(=O)c1ccc(C(=C2CCNCC2)c2cccc([N+](=O)[O-])c2)cc1.O=Cc1nccs1. The lowest BCUT2D eigenvalue weighted by Gasteiger charge is -2.29. The zero-order chi connectivity index (χ0) is 50.7. The number of likely N-dealkylation sites (tertiary alicyclic amines) is 1. The number of nitro groups is 2. The fourth-order valence-corrected chi connectivity index (χ4v) is 9.77. The van der Waals surface area contributed by atoms with Crippen molar-refractivity contribution < 1.29 is 24.2 Å². The van der Waals surface area contributed by atoms with Crippen molar-refractivity contribution in [1.29, 1.82) is 0 Å². The molecule has 15 nitrogen and oxygen atoms in total. The van der Waals surface area contributed by atoms with Gasteiger partial charge in [0.05, 0.1) is 16.4 Å². The first-order valence-electron chi connectivity index (χ1n) is 23.9. The number of non-ortho nitro benzene ring substituents is 2. The summed E-state index contributed by atoms with van der Waals surface area (Å²) in [6.07, 6.45) is 7.74. The van der Waals surface area contributed by atoms with Gasteiger partial charge in [0.15, 0.2) is 11.3 Å². The summed E-state index contributed by atoms with van der Waals surface area (Å²) in [7, 11) is 0. The second-order valence-corrected chi connectivity index (χ2v) is 18.5. The lowest BCUT2D eigenvalue weighted by atomic mass is 9.88. The summed E-state index contributed by atoms with van der Waals surface area (Å²) in [5, 5.41) is 31.5. The molecule has 2 aliphatic heterocycles. The maximum absolute atomic E-state index is 12.8. The van der Waals surface area contributed by atoms with Crippen molar-refractivity contribution in [3.63, 3.8) is 0 Å². The van der Waals surface area contributed by atoms with Crippen LogP contribution in [0.25, 0.3) is 11.1 Å². The Bertz CT molecular complexity index is 2770. The van der Waals surface area contributed by atoms with Gasteiger partial charge in [-0.15, -0.1) is 22.7 Å². The fraction of sp³-hybridized carbons (Fsp3) is 0.327. The highest BCUT2D eigenvalue weighted by Gasteiger charge is 2.23. The summed E-state index contributed by atoms with van der Waals surface area (Å²) in [6, 6.07) is 29.0. The number of carbonyl (C=O) groups excluding carboxylic acids is 3. The van der Waals surface area contributed by atoms with Crippen LogP contribution in [0.15, 0.2) is 131 Å². The van der Waals surface area contributed by atoms with E-state index in [0.717, 1.165) is 103 Å². The van der Waals surface area contributed by atoms with Crippen molar-refractivity contribution in [1.82, 2.24) is 30.0 Å². The lowest BCUT2D eigenvalue weighted by Crippen LogP contribution is -2.30. The van der Waals surface area contributed by atoms with Gasteiger partial charge in [-0.1, -0.05) is 67.1 Å². The van der Waals surface area contributed by atoms with Gasteiger partial charge in [0.25, 0.3) is 23.2 Å². The van der Waals surface area contributed by atoms with Gasteiger partial charge in [0.1, 0.15) is 5.01 Å². The molecule has 378 valence electrons. The second kappa shape index (κ2) is 28.1. The lowest BCUT2D eigenvalue weighted by molar-refractivity contribution is -0.385. The van der Waals surface area contributed by atoms with Gasteiger partial charge in [0, 0.05) is 97.8 Å². The van der Waals surface area contributed by atoms with Crippen molar-refractivity contribution in [3.8, 4) is 0 Å². The summed E-state index contributed by atoms with van der Waals surface area (Å²) in [4.78, 5) is 71.3. The number of nitrogens with one attached hydrogen (secondary N) is 1. The number of aromatic nitrogens is 2. The predicted molar refractivity (Wildman–Crippen MR) is 289 cm³/mol. The number of nitro benzene ring substituents is 2. The highest BCUT2D eigenvalue weighted by Crippen LogP contribution is 2.36. The number of amides is 2. The van der Waals surface area contributed by atoms with Crippen molar-refractivity contribution >= 4 is 63.3 Å². The maximum atomic E-state index is 12.8. The number of hydrogen-bond acceptors (Lipinski definition) is 13. The molecule has 0 saturated carbocycles. The third-order valence-corrected chi connectivity index (χ3v) is 13.9. The molecule has 0 radical (unpaired) electrons. The number of aldehydes is 1. The molecule has 4 aromatic carbocycles. The molecule has 8 rings (SSSR count). The van der Waals surface area contributed by atoms with E-state index >= 15 is 0 Å². The third-order valence-electron chi connectivity index (χ3n) is 12.4. The summed E-state index contributed by atoms with van der Waals surface area (Å²) >= 11 is 3.01. The Kier molecular flexibility index (Phi) is 21.8. The van der Waals surface area contributed by atoms with E-state index in [-0.39, 0.29) is 40.5 Å². The first kappa shape index (κ1) is 55.9. The molecular formula is C55H64N8O7S2. The highest BCUT2D eigenvalue weighted by molar-refractivity contribution is 7.11. The fourth-order valence-electron chi connectivity index (χ4n) is 8.67. The molecule has 72 heavy (non-hydrogen) atoms. The molecule has 0 bridgehead atoms. The smallest absolute Gasteiger partial charge is 0.270 e. The Labute approximate surface area is 430 Å². The summed E-state index contributed by atoms with van der Waals surface area (Å²) < 4.78 is 0. The van der Waals surface area contributed by atoms with Crippen molar-refractivity contribution in [2.45, 2.75) is 67.3 Å². The van der Waals surface area contributed by atoms with Crippen LogP contribution in [-0.2, 0) is 6.54 Å². The summed E-state index contributed by atoms with van der Waals surface area (Å²) in [5.74, 6) is 0.0366. The quantitative estimate of drug-likeness (QED) is 0.0586. The number of thiazole rings is 2. The molecule has 2 aliphatic rings. The minimum Gasteiger partial charge on any atom is -0.339 e. The molecular weight excluding hydrogens is 949 g/mol. The predicted octanol–water partition coefficient (Wildman–Crippen LogP) is 11.5. The van der Waals surface area contributed by atoms with Gasteiger partial charge in [-0.05, 0) is 124 Å². The van der Waals surface area contributed by atoms with Gasteiger partial charge >= 0.3 is 0 Å². The first-order chi connectivity index (χ1) is 34.5. The largest absolute Gasteiger partial charge is 0.339 e. The topological polar surface area (TPSA) is 185 Å². The van der Waals surface area contributed by atoms with E-state index < -0.39 is 0 Å². The molecule has 0 spiro atoms. The molecule has 2 amide bonds. The van der Waals surface area contributed by atoms with Crippen LogP contribution in [0.2, 0.25) is 0 Å². The summed E-state index contributed by atoms with van der Waals surface area (Å²) in [5.41, 5.74) is 9.76. The number of rotatable bonds is 15. The molecule has 0 atom stereocenters. The van der Waals surface area contributed by atoms with Gasteiger partial charge in [-0.3, -0.25) is 39.5 Å². The Morgan fingerprint density at radius 2 is 1.06 bits per heavy atom. The van der Waals surface area contributed by atoms with E-state index in [4.69, 9.17) is 0 Å². The van der Waals surface area contributed by atoms with E-state index in [9.17, 15) is 34.6 Å². The van der Waals surface area contributed by atoms with Crippen LogP contribution < -0.4 is 5.32 Å². The molecule has 0 aliphatic carbocycles. The van der Waals surface area contributed by atoms with Crippen LogP contribution in [0.3, 0.4) is 0 Å². The zero-order valence-corrected chi connectivity index (χ0v) is 42.3. The van der Waals surface area contributed by atoms with Crippen LogP contribution in [0.1, 0.15) is 119 Å². The van der Waals surface area contributed by atoms with E-state index in [1.165, 1.54) is 34.6 Å². The number of hydrogen-bond donors (Lipinski definition) is 1.